The lowest BCUT2D eigenvalue weighted by molar-refractivity contribution is 0.475. The van der Waals surface area contributed by atoms with Crippen molar-refractivity contribution in [1.82, 2.24) is 15.3 Å². The highest BCUT2D eigenvalue weighted by atomic mass is 35.5. The monoisotopic (exact) mass is 265 g/mol. The van der Waals surface area contributed by atoms with E-state index in [4.69, 9.17) is 11.6 Å². The second-order valence-corrected chi connectivity index (χ2v) is 4.51. The number of nitrogens with one attached hydrogen (secondary N) is 2. The maximum absolute atomic E-state index is 9.30. The first kappa shape index (κ1) is 12.9. The lowest BCUT2D eigenvalue weighted by Crippen LogP contribution is -2.15. The summed E-state index contributed by atoms with van der Waals surface area (Å²) < 4.78 is 0. The molecular formula is C13H16ClN3O. The normalized spacial score (nSPS) is 10.7. The van der Waals surface area contributed by atoms with E-state index in [-0.39, 0.29) is 5.75 Å². The molecule has 1 aromatic carbocycles. The third kappa shape index (κ3) is 3.75. The van der Waals surface area contributed by atoms with Crippen molar-refractivity contribution in [2.45, 2.75) is 19.4 Å². The number of imidazole rings is 1. The van der Waals surface area contributed by atoms with Gasteiger partial charge in [-0.25, -0.2) is 4.98 Å². The van der Waals surface area contributed by atoms with Gasteiger partial charge in [-0.2, -0.15) is 0 Å². The molecule has 4 nitrogen and oxygen atoms in total. The molecule has 3 N–H and O–H groups in total. The molecule has 0 spiro atoms. The first-order valence-corrected chi connectivity index (χ1v) is 6.30. The molecule has 0 aliphatic heterocycles. The van der Waals surface area contributed by atoms with E-state index in [0.717, 1.165) is 37.3 Å². The second kappa shape index (κ2) is 6.42. The van der Waals surface area contributed by atoms with Crippen molar-refractivity contribution in [2.24, 2.45) is 0 Å². The number of aryl methyl sites for hydroxylation is 1. The number of aromatic amines is 1. The van der Waals surface area contributed by atoms with E-state index in [2.05, 4.69) is 15.3 Å². The summed E-state index contributed by atoms with van der Waals surface area (Å²) in [6.07, 6.45) is 5.57. The van der Waals surface area contributed by atoms with Crippen LogP contribution < -0.4 is 5.32 Å². The van der Waals surface area contributed by atoms with Crippen molar-refractivity contribution in [3.8, 4) is 5.75 Å². The summed E-state index contributed by atoms with van der Waals surface area (Å²) in [5.74, 6) is 1.14. The van der Waals surface area contributed by atoms with Gasteiger partial charge in [0.2, 0.25) is 0 Å². The van der Waals surface area contributed by atoms with E-state index in [1.165, 1.54) is 0 Å². The first-order chi connectivity index (χ1) is 8.75. The zero-order valence-corrected chi connectivity index (χ0v) is 10.7. The van der Waals surface area contributed by atoms with Gasteiger partial charge in [0, 0.05) is 25.4 Å². The number of hydrogen-bond acceptors (Lipinski definition) is 3. The summed E-state index contributed by atoms with van der Waals surface area (Å²) in [5.41, 5.74) is 1.07. The molecule has 1 heterocycles. The molecule has 0 unspecified atom stereocenters. The van der Waals surface area contributed by atoms with Crippen LogP contribution in [0.4, 0.5) is 0 Å². The Labute approximate surface area is 111 Å². The van der Waals surface area contributed by atoms with Crippen molar-refractivity contribution in [3.05, 3.63) is 47.0 Å². The fourth-order valence-corrected chi connectivity index (χ4v) is 1.91. The molecule has 0 aliphatic rings. The Morgan fingerprint density at radius 1 is 1.39 bits per heavy atom. The van der Waals surface area contributed by atoms with Crippen LogP contribution in [0.2, 0.25) is 5.02 Å². The number of nitrogens with zero attached hydrogens (tertiary/aromatic N) is 1. The number of phenols is 1. The van der Waals surface area contributed by atoms with E-state index in [9.17, 15) is 5.11 Å². The van der Waals surface area contributed by atoms with Crippen LogP contribution in [0, 0.1) is 0 Å². The Hall–Kier alpha value is -1.52. The molecule has 0 amide bonds. The topological polar surface area (TPSA) is 60.9 Å². The fourth-order valence-electron chi connectivity index (χ4n) is 1.71. The molecule has 1 aromatic heterocycles. The van der Waals surface area contributed by atoms with Crippen molar-refractivity contribution in [1.29, 1.82) is 0 Å². The maximum atomic E-state index is 9.30. The Bertz CT molecular complexity index is 485. The molecule has 2 rings (SSSR count). The van der Waals surface area contributed by atoms with Crippen LogP contribution in [0.1, 0.15) is 17.8 Å². The summed E-state index contributed by atoms with van der Waals surface area (Å²) >= 11 is 5.83. The van der Waals surface area contributed by atoms with Crippen molar-refractivity contribution >= 4 is 11.6 Å². The highest BCUT2D eigenvalue weighted by Crippen LogP contribution is 2.23. The van der Waals surface area contributed by atoms with Gasteiger partial charge >= 0.3 is 0 Å². The van der Waals surface area contributed by atoms with Gasteiger partial charge < -0.3 is 15.4 Å². The van der Waals surface area contributed by atoms with E-state index in [1.54, 1.807) is 18.3 Å². The van der Waals surface area contributed by atoms with E-state index < -0.39 is 0 Å². The number of phenolic OH excluding ortho intramolecular Hbond substituents is 1. The van der Waals surface area contributed by atoms with Gasteiger partial charge in [0.1, 0.15) is 11.6 Å². The molecule has 0 saturated heterocycles. The van der Waals surface area contributed by atoms with Gasteiger partial charge in [-0.1, -0.05) is 17.7 Å². The SMILES string of the molecule is Oc1ccc(CNCCCc2ncc[nH]2)cc1Cl. The average molecular weight is 266 g/mol. The third-order valence-corrected chi connectivity index (χ3v) is 2.97. The highest BCUT2D eigenvalue weighted by molar-refractivity contribution is 6.32. The number of aromatic nitrogens is 2. The molecule has 0 bridgehead atoms. The van der Waals surface area contributed by atoms with Crippen LogP contribution in [-0.2, 0) is 13.0 Å². The van der Waals surface area contributed by atoms with E-state index in [0.29, 0.717) is 5.02 Å². The quantitative estimate of drug-likeness (QED) is 0.704. The van der Waals surface area contributed by atoms with E-state index >= 15 is 0 Å². The Morgan fingerprint density at radius 3 is 3.00 bits per heavy atom. The predicted octanol–water partition coefficient (Wildman–Crippen LogP) is 2.49. The van der Waals surface area contributed by atoms with Gasteiger partial charge in [-0.3, -0.25) is 0 Å². The summed E-state index contributed by atoms with van der Waals surface area (Å²) in [6.45, 7) is 1.66. The lowest BCUT2D eigenvalue weighted by atomic mass is 10.2. The largest absolute Gasteiger partial charge is 0.506 e. The zero-order chi connectivity index (χ0) is 12.8. The first-order valence-electron chi connectivity index (χ1n) is 5.92. The molecular weight excluding hydrogens is 250 g/mol. The van der Waals surface area contributed by atoms with Crippen molar-refractivity contribution in [2.75, 3.05) is 6.54 Å². The van der Waals surface area contributed by atoms with Crippen LogP contribution >= 0.6 is 11.6 Å². The van der Waals surface area contributed by atoms with Gasteiger partial charge in [0.05, 0.1) is 5.02 Å². The number of H-pyrrole nitrogens is 1. The van der Waals surface area contributed by atoms with Gasteiger partial charge in [-0.15, -0.1) is 0 Å². The minimum absolute atomic E-state index is 0.123. The van der Waals surface area contributed by atoms with Crippen LogP contribution in [0.15, 0.2) is 30.6 Å². The number of aromatic hydroxyl groups is 1. The Balaban J connectivity index is 1.67. The average Bonchev–Trinajstić information content (AvgIpc) is 2.86. The molecule has 2 aromatic rings. The highest BCUT2D eigenvalue weighted by Gasteiger charge is 2.00. The zero-order valence-electron chi connectivity index (χ0n) is 9.99. The second-order valence-electron chi connectivity index (χ2n) is 4.10. The fraction of sp³-hybridized carbons (Fsp3) is 0.308. The smallest absolute Gasteiger partial charge is 0.134 e. The number of halogens is 1. The molecule has 0 atom stereocenters. The van der Waals surface area contributed by atoms with E-state index in [1.807, 2.05) is 12.3 Å². The molecule has 96 valence electrons. The molecule has 18 heavy (non-hydrogen) atoms. The molecule has 0 saturated carbocycles. The third-order valence-electron chi connectivity index (χ3n) is 2.66. The summed E-state index contributed by atoms with van der Waals surface area (Å²) in [7, 11) is 0. The number of hydrogen-bond donors (Lipinski definition) is 3. The minimum Gasteiger partial charge on any atom is -0.506 e. The minimum atomic E-state index is 0.123. The van der Waals surface area contributed by atoms with Gasteiger partial charge in [0.15, 0.2) is 0 Å². The molecule has 0 fully saturated rings. The molecule has 5 heteroatoms. The summed E-state index contributed by atoms with van der Waals surface area (Å²) in [5, 5.41) is 13.0. The van der Waals surface area contributed by atoms with Crippen LogP contribution in [0.5, 0.6) is 5.75 Å². The van der Waals surface area contributed by atoms with Gasteiger partial charge in [-0.05, 0) is 30.7 Å². The van der Waals surface area contributed by atoms with Crippen molar-refractivity contribution in [3.63, 3.8) is 0 Å². The van der Waals surface area contributed by atoms with Crippen LogP contribution in [0.3, 0.4) is 0 Å². The summed E-state index contributed by atoms with van der Waals surface area (Å²) in [6, 6.07) is 5.25. The summed E-state index contributed by atoms with van der Waals surface area (Å²) in [4.78, 5) is 7.24. The predicted molar refractivity (Wildman–Crippen MR) is 71.7 cm³/mol. The Kier molecular flexibility index (Phi) is 4.61. The maximum Gasteiger partial charge on any atom is 0.134 e. The van der Waals surface area contributed by atoms with Gasteiger partial charge in [0.25, 0.3) is 0 Å². The number of rotatable bonds is 6. The Morgan fingerprint density at radius 2 is 2.28 bits per heavy atom. The lowest BCUT2D eigenvalue weighted by Gasteiger charge is -2.05. The van der Waals surface area contributed by atoms with Crippen LogP contribution in [-0.4, -0.2) is 21.6 Å². The van der Waals surface area contributed by atoms with Crippen LogP contribution in [0.25, 0.3) is 0 Å². The molecule has 0 radical (unpaired) electrons. The molecule has 0 aliphatic carbocycles. The number of benzene rings is 1. The van der Waals surface area contributed by atoms with Crippen molar-refractivity contribution < 1.29 is 5.11 Å². The standard InChI is InChI=1S/C13H16ClN3O/c14-11-8-10(3-4-12(11)18)9-15-5-1-2-13-16-6-7-17-13/h3-4,6-8,15,18H,1-2,5,9H2,(H,16,17).